The van der Waals surface area contributed by atoms with E-state index in [9.17, 15) is 0 Å². The maximum atomic E-state index is 5.47. The molecule has 1 unspecified atom stereocenters. The van der Waals surface area contributed by atoms with Crippen LogP contribution in [0.15, 0.2) is 27.1 Å². The molecule has 1 atom stereocenters. The van der Waals surface area contributed by atoms with Crippen LogP contribution in [0.5, 0.6) is 0 Å². The van der Waals surface area contributed by atoms with Crippen LogP contribution in [0, 0.1) is 5.92 Å². The molecule has 0 saturated carbocycles. The van der Waals surface area contributed by atoms with Gasteiger partial charge in [0.15, 0.2) is 0 Å². The van der Waals surface area contributed by atoms with Crippen molar-refractivity contribution in [3.63, 3.8) is 0 Å². The lowest BCUT2D eigenvalue weighted by Crippen LogP contribution is -2.28. The Labute approximate surface area is 119 Å². The Balaban J connectivity index is 1.75. The molecule has 1 aromatic rings. The molecule has 1 aliphatic rings. The van der Waals surface area contributed by atoms with Gasteiger partial charge in [0.2, 0.25) is 0 Å². The molecule has 1 aliphatic heterocycles. The predicted molar refractivity (Wildman–Crippen MR) is 77.1 cm³/mol. The zero-order valence-corrected chi connectivity index (χ0v) is 12.9. The monoisotopic (exact) mass is 361 g/mol. The molecule has 94 valence electrons. The van der Waals surface area contributed by atoms with Crippen molar-refractivity contribution in [3.8, 4) is 0 Å². The van der Waals surface area contributed by atoms with E-state index in [1.807, 2.05) is 0 Å². The maximum Gasteiger partial charge on any atom is 0.0506 e. The fourth-order valence-electron chi connectivity index (χ4n) is 2.04. The van der Waals surface area contributed by atoms with Gasteiger partial charge in [-0.25, -0.2) is 0 Å². The first kappa shape index (κ1) is 13.5. The van der Waals surface area contributed by atoms with Crippen LogP contribution in [0.1, 0.15) is 18.4 Å². The highest BCUT2D eigenvalue weighted by Gasteiger charge is 2.12. The summed E-state index contributed by atoms with van der Waals surface area (Å²) in [6.45, 7) is 3.82. The number of hydrogen-bond acceptors (Lipinski definition) is 2. The highest BCUT2D eigenvalue weighted by atomic mass is 79.9. The number of nitrogens with one attached hydrogen (secondary N) is 1. The highest BCUT2D eigenvalue weighted by molar-refractivity contribution is 9.13. The van der Waals surface area contributed by atoms with E-state index in [-0.39, 0.29) is 0 Å². The molecule has 4 heteroatoms. The SMILES string of the molecule is Brc1ccc(CNCC2CCCOC2)cc1Br. The maximum absolute atomic E-state index is 5.47. The number of rotatable bonds is 4. The lowest BCUT2D eigenvalue weighted by Gasteiger charge is -2.22. The molecule has 1 heterocycles. The minimum atomic E-state index is 0.683. The lowest BCUT2D eigenvalue weighted by molar-refractivity contribution is 0.0547. The molecule has 2 rings (SSSR count). The van der Waals surface area contributed by atoms with E-state index in [1.165, 1.54) is 18.4 Å². The van der Waals surface area contributed by atoms with E-state index in [0.717, 1.165) is 35.2 Å². The summed E-state index contributed by atoms with van der Waals surface area (Å²) >= 11 is 7.00. The summed E-state index contributed by atoms with van der Waals surface area (Å²) in [6.07, 6.45) is 2.49. The zero-order chi connectivity index (χ0) is 12.1. The van der Waals surface area contributed by atoms with Crippen molar-refractivity contribution in [2.75, 3.05) is 19.8 Å². The standard InChI is InChI=1S/C13H17Br2NO/c14-12-4-3-10(6-13(12)15)7-16-8-11-2-1-5-17-9-11/h3-4,6,11,16H,1-2,5,7-9H2. The highest BCUT2D eigenvalue weighted by Crippen LogP contribution is 2.23. The van der Waals surface area contributed by atoms with E-state index in [4.69, 9.17) is 4.74 Å². The fourth-order valence-corrected chi connectivity index (χ4v) is 2.71. The fraction of sp³-hybridized carbons (Fsp3) is 0.538. The van der Waals surface area contributed by atoms with Gasteiger partial charge in [-0.2, -0.15) is 0 Å². The molecule has 1 fully saturated rings. The van der Waals surface area contributed by atoms with Crippen LogP contribution < -0.4 is 5.32 Å². The van der Waals surface area contributed by atoms with Gasteiger partial charge in [0.25, 0.3) is 0 Å². The third kappa shape index (κ3) is 4.36. The zero-order valence-electron chi connectivity index (χ0n) is 9.72. The summed E-state index contributed by atoms with van der Waals surface area (Å²) in [5.41, 5.74) is 1.30. The molecule has 0 bridgehead atoms. The molecular weight excluding hydrogens is 346 g/mol. The van der Waals surface area contributed by atoms with Gasteiger partial charge in [-0.3, -0.25) is 0 Å². The van der Waals surface area contributed by atoms with Crippen molar-refractivity contribution in [3.05, 3.63) is 32.7 Å². The van der Waals surface area contributed by atoms with Crippen molar-refractivity contribution >= 4 is 31.9 Å². The number of benzene rings is 1. The molecule has 0 amide bonds. The predicted octanol–water partition coefficient (Wildman–Crippen LogP) is 3.73. The van der Waals surface area contributed by atoms with Crippen LogP contribution in [0.25, 0.3) is 0 Å². The smallest absolute Gasteiger partial charge is 0.0506 e. The number of halogens is 2. The van der Waals surface area contributed by atoms with E-state index < -0.39 is 0 Å². The Kier molecular flexibility index (Phi) is 5.48. The van der Waals surface area contributed by atoms with Gasteiger partial charge in [0.1, 0.15) is 0 Å². The van der Waals surface area contributed by atoms with Crippen molar-refractivity contribution in [2.45, 2.75) is 19.4 Å². The molecule has 1 N–H and O–H groups in total. The van der Waals surface area contributed by atoms with E-state index in [0.29, 0.717) is 5.92 Å². The number of ether oxygens (including phenoxy) is 1. The van der Waals surface area contributed by atoms with Crippen LogP contribution in [0.3, 0.4) is 0 Å². The summed E-state index contributed by atoms with van der Waals surface area (Å²) in [6, 6.07) is 6.36. The van der Waals surface area contributed by atoms with Crippen LogP contribution in [0.2, 0.25) is 0 Å². The van der Waals surface area contributed by atoms with Gasteiger partial charge >= 0.3 is 0 Å². The first-order valence-electron chi connectivity index (χ1n) is 5.98. The third-order valence-corrected chi connectivity index (χ3v) is 4.88. The van der Waals surface area contributed by atoms with E-state index >= 15 is 0 Å². The molecule has 2 nitrogen and oxygen atoms in total. The minimum absolute atomic E-state index is 0.683. The van der Waals surface area contributed by atoms with Crippen molar-refractivity contribution < 1.29 is 4.74 Å². The molecule has 1 saturated heterocycles. The van der Waals surface area contributed by atoms with Crippen LogP contribution in [-0.2, 0) is 11.3 Å². The third-order valence-electron chi connectivity index (χ3n) is 3.00. The lowest BCUT2D eigenvalue weighted by atomic mass is 10.0. The Bertz CT molecular complexity index is 364. The van der Waals surface area contributed by atoms with Gasteiger partial charge in [-0.1, -0.05) is 6.07 Å². The van der Waals surface area contributed by atoms with Crippen LogP contribution in [-0.4, -0.2) is 19.8 Å². The summed E-state index contributed by atoms with van der Waals surface area (Å²) < 4.78 is 7.67. The Morgan fingerprint density at radius 1 is 1.29 bits per heavy atom. The average Bonchev–Trinajstić information content (AvgIpc) is 2.35. The minimum Gasteiger partial charge on any atom is -0.381 e. The Morgan fingerprint density at radius 2 is 2.18 bits per heavy atom. The van der Waals surface area contributed by atoms with Crippen molar-refractivity contribution in [1.29, 1.82) is 0 Å². The second-order valence-electron chi connectivity index (χ2n) is 4.46. The van der Waals surface area contributed by atoms with Gasteiger partial charge in [-0.05, 0) is 68.3 Å². The summed E-state index contributed by atoms with van der Waals surface area (Å²) in [4.78, 5) is 0. The number of hydrogen-bond donors (Lipinski definition) is 1. The van der Waals surface area contributed by atoms with Gasteiger partial charge in [0.05, 0.1) is 6.61 Å². The molecule has 0 aliphatic carbocycles. The van der Waals surface area contributed by atoms with Crippen LogP contribution >= 0.6 is 31.9 Å². The second-order valence-corrected chi connectivity index (χ2v) is 6.17. The van der Waals surface area contributed by atoms with Gasteiger partial charge in [0, 0.05) is 28.6 Å². The summed E-state index contributed by atoms with van der Waals surface area (Å²) in [7, 11) is 0. The molecule has 0 spiro atoms. The molecule has 1 aromatic carbocycles. The van der Waals surface area contributed by atoms with E-state index in [1.54, 1.807) is 0 Å². The van der Waals surface area contributed by atoms with Crippen molar-refractivity contribution in [2.24, 2.45) is 5.92 Å². The average molecular weight is 363 g/mol. The van der Waals surface area contributed by atoms with Crippen LogP contribution in [0.4, 0.5) is 0 Å². The Morgan fingerprint density at radius 3 is 2.88 bits per heavy atom. The first-order valence-corrected chi connectivity index (χ1v) is 7.56. The van der Waals surface area contributed by atoms with E-state index in [2.05, 4.69) is 55.4 Å². The Hall–Kier alpha value is 0.1000. The topological polar surface area (TPSA) is 21.3 Å². The summed E-state index contributed by atoms with van der Waals surface area (Å²) in [5.74, 6) is 0.683. The summed E-state index contributed by atoms with van der Waals surface area (Å²) in [5, 5.41) is 3.50. The first-order chi connectivity index (χ1) is 8.25. The van der Waals surface area contributed by atoms with Crippen molar-refractivity contribution in [1.82, 2.24) is 5.32 Å². The largest absolute Gasteiger partial charge is 0.381 e. The molecule has 0 aromatic heterocycles. The quantitative estimate of drug-likeness (QED) is 0.881. The molecular formula is C13H17Br2NO. The van der Waals surface area contributed by atoms with Gasteiger partial charge < -0.3 is 10.1 Å². The molecule has 0 radical (unpaired) electrons. The van der Waals surface area contributed by atoms with Gasteiger partial charge in [-0.15, -0.1) is 0 Å². The second kappa shape index (κ2) is 6.88. The molecule has 17 heavy (non-hydrogen) atoms. The normalized spacial score (nSPS) is 20.5.